The second-order valence-corrected chi connectivity index (χ2v) is 4.20. The first-order valence-electron chi connectivity index (χ1n) is 6.19. The summed E-state index contributed by atoms with van der Waals surface area (Å²) in [6.45, 7) is 1.72. The van der Waals surface area contributed by atoms with E-state index in [1.165, 1.54) is 12.1 Å². The normalized spacial score (nSPS) is 14.9. The van der Waals surface area contributed by atoms with E-state index in [0.29, 0.717) is 6.29 Å². The monoisotopic (exact) mass is 275 g/mol. The third kappa shape index (κ3) is 2.20. The minimum absolute atomic E-state index is 0.108. The number of carbonyl (C=O) groups excluding carboxylic acids is 4. The quantitative estimate of drug-likeness (QED) is 0.451. The van der Waals surface area contributed by atoms with Crippen LogP contribution in [0.2, 0.25) is 0 Å². The van der Waals surface area contributed by atoms with Gasteiger partial charge in [-0.3, -0.25) is 14.5 Å². The predicted octanol–water partition coefficient (Wildman–Crippen LogP) is 0.803. The van der Waals surface area contributed by atoms with Crippen LogP contribution < -0.4 is 0 Å². The van der Waals surface area contributed by atoms with Crippen molar-refractivity contribution >= 4 is 24.1 Å². The van der Waals surface area contributed by atoms with Crippen LogP contribution in [0.15, 0.2) is 24.3 Å². The topological polar surface area (TPSA) is 80.8 Å². The second kappa shape index (κ2) is 5.64. The van der Waals surface area contributed by atoms with Gasteiger partial charge in [0, 0.05) is 6.42 Å². The Morgan fingerprint density at radius 3 is 2.25 bits per heavy atom. The molecule has 6 nitrogen and oxygen atoms in total. The van der Waals surface area contributed by atoms with Gasteiger partial charge >= 0.3 is 5.97 Å². The highest BCUT2D eigenvalue weighted by Gasteiger charge is 2.43. The van der Waals surface area contributed by atoms with Crippen LogP contribution in [0.25, 0.3) is 0 Å². The Labute approximate surface area is 115 Å². The average Bonchev–Trinajstić information content (AvgIpc) is 2.70. The van der Waals surface area contributed by atoms with E-state index in [9.17, 15) is 19.2 Å². The number of ether oxygens (including phenoxy) is 1. The zero-order chi connectivity index (χ0) is 14.7. The third-order valence-electron chi connectivity index (χ3n) is 3.02. The Bertz CT molecular complexity index is 546. The first-order valence-corrected chi connectivity index (χ1v) is 6.19. The van der Waals surface area contributed by atoms with Crippen LogP contribution in [-0.2, 0) is 14.3 Å². The molecule has 1 aromatic carbocycles. The van der Waals surface area contributed by atoms with Crippen molar-refractivity contribution < 1.29 is 23.9 Å². The Hall–Kier alpha value is -2.50. The number of fused-ring (bicyclic) bond motifs is 1. The summed E-state index contributed by atoms with van der Waals surface area (Å²) in [7, 11) is 0. The van der Waals surface area contributed by atoms with Crippen molar-refractivity contribution in [2.45, 2.75) is 19.4 Å². The van der Waals surface area contributed by atoms with Crippen molar-refractivity contribution in [3.05, 3.63) is 35.4 Å². The molecule has 1 heterocycles. The summed E-state index contributed by atoms with van der Waals surface area (Å²) in [5, 5.41) is 0. The molecule has 0 unspecified atom stereocenters. The summed E-state index contributed by atoms with van der Waals surface area (Å²) < 4.78 is 4.82. The fourth-order valence-corrected chi connectivity index (χ4v) is 2.13. The van der Waals surface area contributed by atoms with Crippen molar-refractivity contribution in [2.75, 3.05) is 6.61 Å². The van der Waals surface area contributed by atoms with E-state index in [1.54, 1.807) is 19.1 Å². The summed E-state index contributed by atoms with van der Waals surface area (Å²) in [6.07, 6.45) is 0.218. The Balaban J connectivity index is 2.37. The number of hydrogen-bond acceptors (Lipinski definition) is 5. The van der Waals surface area contributed by atoms with E-state index in [0.717, 1.165) is 4.90 Å². The molecule has 0 saturated heterocycles. The van der Waals surface area contributed by atoms with Crippen molar-refractivity contribution in [1.29, 1.82) is 0 Å². The molecule has 1 atom stereocenters. The SMILES string of the molecule is CCOC(=O)[C@H](CC=O)N1C(=O)c2ccccc2C1=O. The molecule has 0 fully saturated rings. The molecule has 1 aromatic rings. The molecule has 0 N–H and O–H groups in total. The van der Waals surface area contributed by atoms with Crippen molar-refractivity contribution in [2.24, 2.45) is 0 Å². The molecule has 0 spiro atoms. The molecule has 0 aliphatic carbocycles. The lowest BCUT2D eigenvalue weighted by Crippen LogP contribution is -2.45. The highest BCUT2D eigenvalue weighted by molar-refractivity contribution is 6.22. The van der Waals surface area contributed by atoms with Gasteiger partial charge in [-0.1, -0.05) is 12.1 Å². The lowest BCUT2D eigenvalue weighted by Gasteiger charge is -2.22. The van der Waals surface area contributed by atoms with Gasteiger partial charge in [-0.05, 0) is 19.1 Å². The average molecular weight is 275 g/mol. The predicted molar refractivity (Wildman–Crippen MR) is 68.0 cm³/mol. The van der Waals surface area contributed by atoms with Crippen LogP contribution >= 0.6 is 0 Å². The van der Waals surface area contributed by atoms with Crippen LogP contribution in [0.5, 0.6) is 0 Å². The van der Waals surface area contributed by atoms with Crippen molar-refractivity contribution in [3.8, 4) is 0 Å². The highest BCUT2D eigenvalue weighted by atomic mass is 16.5. The lowest BCUT2D eigenvalue weighted by molar-refractivity contribution is -0.148. The largest absolute Gasteiger partial charge is 0.464 e. The second-order valence-electron chi connectivity index (χ2n) is 4.20. The van der Waals surface area contributed by atoms with Crippen molar-refractivity contribution in [1.82, 2.24) is 4.90 Å². The fraction of sp³-hybridized carbons (Fsp3) is 0.286. The van der Waals surface area contributed by atoms with Crippen LogP contribution in [0, 0.1) is 0 Å². The molecule has 20 heavy (non-hydrogen) atoms. The zero-order valence-corrected chi connectivity index (χ0v) is 10.9. The molecule has 1 aliphatic heterocycles. The van der Waals surface area contributed by atoms with Gasteiger partial charge in [0.05, 0.1) is 17.7 Å². The minimum Gasteiger partial charge on any atom is -0.464 e. The van der Waals surface area contributed by atoms with Gasteiger partial charge < -0.3 is 9.53 Å². The summed E-state index contributed by atoms with van der Waals surface area (Å²) >= 11 is 0. The molecule has 0 radical (unpaired) electrons. The van der Waals surface area contributed by atoms with Crippen LogP contribution in [-0.4, -0.2) is 41.6 Å². The summed E-state index contributed by atoms with van der Waals surface area (Å²) in [5.74, 6) is -1.91. The minimum atomic E-state index is -1.21. The molecule has 104 valence electrons. The Morgan fingerprint density at radius 2 is 1.80 bits per heavy atom. The van der Waals surface area contributed by atoms with Gasteiger partial charge in [0.15, 0.2) is 0 Å². The highest BCUT2D eigenvalue weighted by Crippen LogP contribution is 2.25. The number of hydrogen-bond donors (Lipinski definition) is 0. The van der Waals surface area contributed by atoms with Crippen LogP contribution in [0.4, 0.5) is 0 Å². The third-order valence-corrected chi connectivity index (χ3v) is 3.02. The van der Waals surface area contributed by atoms with E-state index in [4.69, 9.17) is 4.74 Å². The Morgan fingerprint density at radius 1 is 1.25 bits per heavy atom. The smallest absolute Gasteiger partial charge is 0.329 e. The molecule has 6 heteroatoms. The number of nitrogens with zero attached hydrogens (tertiary/aromatic N) is 1. The van der Waals surface area contributed by atoms with Gasteiger partial charge in [0.25, 0.3) is 11.8 Å². The van der Waals surface area contributed by atoms with E-state index in [-0.39, 0.29) is 24.2 Å². The van der Waals surface area contributed by atoms with E-state index in [1.807, 2.05) is 0 Å². The molecule has 0 bridgehead atoms. The van der Waals surface area contributed by atoms with Gasteiger partial charge in [-0.25, -0.2) is 4.79 Å². The first kappa shape index (κ1) is 13.9. The summed E-state index contributed by atoms with van der Waals surface area (Å²) in [5.41, 5.74) is 0.468. The Kier molecular flexibility index (Phi) is 3.93. The van der Waals surface area contributed by atoms with Crippen LogP contribution in [0.3, 0.4) is 0 Å². The maximum Gasteiger partial charge on any atom is 0.329 e. The molecule has 2 amide bonds. The number of aldehydes is 1. The summed E-state index contributed by atoms with van der Waals surface area (Å²) in [4.78, 5) is 47.8. The van der Waals surface area contributed by atoms with E-state index in [2.05, 4.69) is 0 Å². The number of amides is 2. The van der Waals surface area contributed by atoms with Gasteiger partial charge in [-0.15, -0.1) is 0 Å². The maximum absolute atomic E-state index is 12.2. The maximum atomic E-state index is 12.2. The zero-order valence-electron chi connectivity index (χ0n) is 10.9. The van der Waals surface area contributed by atoms with Gasteiger partial charge in [0.1, 0.15) is 12.3 Å². The van der Waals surface area contributed by atoms with E-state index >= 15 is 0 Å². The number of benzene rings is 1. The van der Waals surface area contributed by atoms with Crippen molar-refractivity contribution in [3.63, 3.8) is 0 Å². The summed E-state index contributed by atoms with van der Waals surface area (Å²) in [6, 6.07) is 5.08. The standard InChI is InChI=1S/C14H13NO5/c1-2-20-14(19)11(7-8-16)15-12(17)9-5-3-4-6-10(9)13(15)18/h3-6,8,11H,2,7H2,1H3/t11-/m0/s1. The first-order chi connectivity index (χ1) is 9.61. The van der Waals surface area contributed by atoms with Gasteiger partial charge in [0.2, 0.25) is 0 Å². The van der Waals surface area contributed by atoms with E-state index < -0.39 is 23.8 Å². The molecule has 0 saturated carbocycles. The molecular formula is C14H13NO5. The lowest BCUT2D eigenvalue weighted by atomic mass is 10.1. The molecule has 2 rings (SSSR count). The molecule has 0 aromatic heterocycles. The van der Waals surface area contributed by atoms with Crippen LogP contribution in [0.1, 0.15) is 34.1 Å². The number of rotatable bonds is 5. The number of esters is 1. The number of imide groups is 1. The molecule has 1 aliphatic rings. The van der Waals surface area contributed by atoms with Gasteiger partial charge in [-0.2, -0.15) is 0 Å². The number of carbonyl (C=O) groups is 4. The molecular weight excluding hydrogens is 262 g/mol. The fourth-order valence-electron chi connectivity index (χ4n) is 2.13.